The predicted molar refractivity (Wildman–Crippen MR) is 149 cm³/mol. The van der Waals surface area contributed by atoms with Crippen molar-refractivity contribution in [1.82, 2.24) is 10.2 Å². The molecule has 10 heteroatoms. The molecule has 0 fully saturated rings. The lowest BCUT2D eigenvalue weighted by atomic mass is 10.1. The molecule has 1 N–H and O–H groups in total. The van der Waals surface area contributed by atoms with E-state index in [-0.39, 0.29) is 23.0 Å². The Bertz CT molecular complexity index is 1320. The summed E-state index contributed by atoms with van der Waals surface area (Å²) in [5, 5.41) is 3.21. The maximum atomic E-state index is 13.9. The van der Waals surface area contributed by atoms with Crippen molar-refractivity contribution in [3.8, 4) is 5.75 Å². The number of nitrogens with one attached hydrogen (secondary N) is 1. The highest BCUT2D eigenvalue weighted by Gasteiger charge is 2.33. The molecule has 1 atom stereocenters. The van der Waals surface area contributed by atoms with E-state index in [1.54, 1.807) is 80.8 Å². The summed E-state index contributed by atoms with van der Waals surface area (Å²) in [6.45, 7) is 3.61. The number of sulfonamides is 1. The molecule has 0 bridgehead atoms. The van der Waals surface area contributed by atoms with Crippen LogP contribution in [-0.4, -0.2) is 51.4 Å². The van der Waals surface area contributed by atoms with E-state index >= 15 is 0 Å². The fourth-order valence-electron chi connectivity index (χ4n) is 3.99. The maximum absolute atomic E-state index is 13.9. The monoisotopic (exact) mass is 557 g/mol. The fraction of sp³-hybridized carbons (Fsp3) is 0.286. The zero-order valence-electron chi connectivity index (χ0n) is 21.6. The van der Waals surface area contributed by atoms with Crippen molar-refractivity contribution < 1.29 is 22.7 Å². The van der Waals surface area contributed by atoms with Gasteiger partial charge in [0.15, 0.2) is 0 Å². The molecule has 0 radical (unpaired) electrons. The van der Waals surface area contributed by atoms with Gasteiger partial charge in [0.1, 0.15) is 18.3 Å². The minimum atomic E-state index is -4.11. The van der Waals surface area contributed by atoms with E-state index in [1.807, 2.05) is 6.92 Å². The number of carbonyl (C=O) groups is 2. The van der Waals surface area contributed by atoms with E-state index in [2.05, 4.69) is 5.32 Å². The van der Waals surface area contributed by atoms with Gasteiger partial charge in [0.2, 0.25) is 11.8 Å². The van der Waals surface area contributed by atoms with Crippen molar-refractivity contribution in [2.24, 2.45) is 0 Å². The molecule has 0 aliphatic carbocycles. The SMILES string of the molecule is CCNC(=O)[C@H](CC)N(Cc1ccc(OC)cc1)C(=O)CN(c1ccc(Cl)cc1)S(=O)(=O)c1ccccc1. The first-order valence-corrected chi connectivity index (χ1v) is 14.1. The Morgan fingerprint density at radius 2 is 1.58 bits per heavy atom. The van der Waals surface area contributed by atoms with Crippen LogP contribution >= 0.6 is 11.6 Å². The van der Waals surface area contributed by atoms with E-state index in [0.717, 1.165) is 9.87 Å². The summed E-state index contributed by atoms with van der Waals surface area (Å²) in [4.78, 5) is 28.3. The molecule has 0 aliphatic rings. The topological polar surface area (TPSA) is 96.0 Å². The number of benzene rings is 3. The van der Waals surface area contributed by atoms with Gasteiger partial charge < -0.3 is 15.0 Å². The van der Waals surface area contributed by atoms with Crippen molar-refractivity contribution >= 4 is 39.1 Å². The molecule has 0 spiro atoms. The summed E-state index contributed by atoms with van der Waals surface area (Å²) in [6.07, 6.45) is 0.347. The number of likely N-dealkylation sites (N-methyl/N-ethyl adjacent to an activating group) is 1. The van der Waals surface area contributed by atoms with E-state index in [9.17, 15) is 18.0 Å². The van der Waals surface area contributed by atoms with E-state index in [1.165, 1.54) is 17.0 Å². The van der Waals surface area contributed by atoms with Crippen LogP contribution < -0.4 is 14.4 Å². The molecule has 2 amide bonds. The van der Waals surface area contributed by atoms with Gasteiger partial charge in [-0.05, 0) is 67.4 Å². The van der Waals surface area contributed by atoms with Crippen LogP contribution in [0.15, 0.2) is 83.8 Å². The molecule has 202 valence electrons. The van der Waals surface area contributed by atoms with Crippen molar-refractivity contribution in [3.05, 3.63) is 89.4 Å². The van der Waals surface area contributed by atoms with Crippen LogP contribution in [0.1, 0.15) is 25.8 Å². The second kappa shape index (κ2) is 13.3. The van der Waals surface area contributed by atoms with Gasteiger partial charge in [0.25, 0.3) is 10.0 Å². The summed E-state index contributed by atoms with van der Waals surface area (Å²) >= 11 is 6.04. The van der Waals surface area contributed by atoms with Crippen molar-refractivity contribution in [1.29, 1.82) is 0 Å². The molecule has 3 aromatic rings. The predicted octanol–water partition coefficient (Wildman–Crippen LogP) is 4.49. The van der Waals surface area contributed by atoms with Gasteiger partial charge in [-0.15, -0.1) is 0 Å². The molecule has 0 saturated carbocycles. The number of anilines is 1. The number of rotatable bonds is 12. The summed E-state index contributed by atoms with van der Waals surface area (Å²) < 4.78 is 33.7. The van der Waals surface area contributed by atoms with Gasteiger partial charge in [-0.3, -0.25) is 13.9 Å². The minimum Gasteiger partial charge on any atom is -0.497 e. The summed E-state index contributed by atoms with van der Waals surface area (Å²) in [5.74, 6) is -0.167. The number of hydrogen-bond acceptors (Lipinski definition) is 5. The number of hydrogen-bond donors (Lipinski definition) is 1. The number of ether oxygens (including phenoxy) is 1. The highest BCUT2D eigenvalue weighted by atomic mass is 35.5. The Hall–Kier alpha value is -3.56. The lowest BCUT2D eigenvalue weighted by molar-refractivity contribution is -0.140. The summed E-state index contributed by atoms with van der Waals surface area (Å²) in [7, 11) is -2.55. The molecule has 3 aromatic carbocycles. The zero-order valence-corrected chi connectivity index (χ0v) is 23.2. The molecule has 0 aromatic heterocycles. The molecule has 0 saturated heterocycles. The number of halogens is 1. The normalized spacial score (nSPS) is 11.9. The van der Waals surface area contributed by atoms with Crippen LogP contribution in [-0.2, 0) is 26.2 Å². The van der Waals surface area contributed by atoms with Crippen molar-refractivity contribution in [2.45, 2.75) is 37.8 Å². The second-order valence-corrected chi connectivity index (χ2v) is 10.8. The second-order valence-electron chi connectivity index (χ2n) is 8.49. The Kier molecular flexibility index (Phi) is 10.2. The fourth-order valence-corrected chi connectivity index (χ4v) is 5.56. The zero-order chi connectivity index (χ0) is 27.7. The van der Waals surface area contributed by atoms with Gasteiger partial charge in [-0.2, -0.15) is 0 Å². The third kappa shape index (κ3) is 7.05. The lowest BCUT2D eigenvalue weighted by Crippen LogP contribution is -2.52. The van der Waals surface area contributed by atoms with Crippen LogP contribution in [0, 0.1) is 0 Å². The highest BCUT2D eigenvalue weighted by molar-refractivity contribution is 7.92. The Morgan fingerprint density at radius 3 is 2.13 bits per heavy atom. The molecule has 0 aliphatic heterocycles. The van der Waals surface area contributed by atoms with Crippen molar-refractivity contribution in [3.63, 3.8) is 0 Å². The highest BCUT2D eigenvalue weighted by Crippen LogP contribution is 2.26. The van der Waals surface area contributed by atoms with Gasteiger partial charge in [-0.25, -0.2) is 8.42 Å². The smallest absolute Gasteiger partial charge is 0.264 e. The third-order valence-electron chi connectivity index (χ3n) is 5.97. The van der Waals surface area contributed by atoms with Gasteiger partial charge in [0, 0.05) is 18.1 Å². The average Bonchev–Trinajstić information content (AvgIpc) is 2.93. The largest absolute Gasteiger partial charge is 0.497 e. The van der Waals surface area contributed by atoms with E-state index in [0.29, 0.717) is 23.7 Å². The molecule has 8 nitrogen and oxygen atoms in total. The summed E-state index contributed by atoms with van der Waals surface area (Å²) in [5.41, 5.74) is 1.05. The molecule has 0 heterocycles. The molecule has 0 unspecified atom stereocenters. The average molecular weight is 558 g/mol. The van der Waals surface area contributed by atoms with Gasteiger partial charge in [-0.1, -0.05) is 48.9 Å². The number of carbonyl (C=O) groups excluding carboxylic acids is 2. The van der Waals surface area contributed by atoms with Crippen LogP contribution in [0.3, 0.4) is 0 Å². The van der Waals surface area contributed by atoms with Crippen LogP contribution in [0.5, 0.6) is 5.75 Å². The van der Waals surface area contributed by atoms with Gasteiger partial charge >= 0.3 is 0 Å². The van der Waals surface area contributed by atoms with Crippen molar-refractivity contribution in [2.75, 3.05) is 24.5 Å². The molecular formula is C28H32ClN3O5S. The van der Waals surface area contributed by atoms with Crippen LogP contribution in [0.2, 0.25) is 5.02 Å². The maximum Gasteiger partial charge on any atom is 0.264 e. The lowest BCUT2D eigenvalue weighted by Gasteiger charge is -2.33. The molecule has 38 heavy (non-hydrogen) atoms. The van der Waals surface area contributed by atoms with Crippen LogP contribution in [0.4, 0.5) is 5.69 Å². The number of nitrogens with zero attached hydrogens (tertiary/aromatic N) is 2. The minimum absolute atomic E-state index is 0.0419. The number of amides is 2. The number of methoxy groups -OCH3 is 1. The van der Waals surface area contributed by atoms with E-state index < -0.39 is 28.5 Å². The standard InChI is InChI=1S/C28H32ClN3O5S/c1-4-26(28(34)30-5-2)31(19-21-11-17-24(37-3)18-12-21)27(33)20-32(23-15-13-22(29)14-16-23)38(35,36)25-9-7-6-8-10-25/h6-18,26H,4-5,19-20H2,1-3H3,(H,30,34)/t26-/m0/s1. The quantitative estimate of drug-likeness (QED) is 0.354. The first kappa shape index (κ1) is 29.0. The molecule has 3 rings (SSSR count). The van der Waals surface area contributed by atoms with E-state index in [4.69, 9.17) is 16.3 Å². The Labute approximate surface area is 229 Å². The Balaban J connectivity index is 2.03. The van der Waals surface area contributed by atoms with Gasteiger partial charge in [0.05, 0.1) is 17.7 Å². The first-order chi connectivity index (χ1) is 18.2. The Morgan fingerprint density at radius 1 is 0.947 bits per heavy atom. The van der Waals surface area contributed by atoms with Crippen LogP contribution in [0.25, 0.3) is 0 Å². The summed E-state index contributed by atoms with van der Waals surface area (Å²) in [6, 6.07) is 20.5. The molecular weight excluding hydrogens is 526 g/mol. The third-order valence-corrected chi connectivity index (χ3v) is 8.01. The first-order valence-electron chi connectivity index (χ1n) is 12.2.